The number of phenolic OH excluding ortho intramolecular Hbond substituents is 1. The summed E-state index contributed by atoms with van der Waals surface area (Å²) < 4.78 is 5.13. The van der Waals surface area contributed by atoms with Gasteiger partial charge in [-0.3, -0.25) is 0 Å². The van der Waals surface area contributed by atoms with E-state index in [4.69, 9.17) is 9.84 Å². The van der Waals surface area contributed by atoms with Crippen LogP contribution in [0.5, 0.6) is 11.5 Å². The summed E-state index contributed by atoms with van der Waals surface area (Å²) in [4.78, 5) is 0. The average Bonchev–Trinajstić information content (AvgIpc) is 1.88. The van der Waals surface area contributed by atoms with E-state index in [0.29, 0.717) is 12.4 Å². The highest BCUT2D eigenvalue weighted by molar-refractivity contribution is 5.85. The van der Waals surface area contributed by atoms with Gasteiger partial charge in [-0.05, 0) is 19.1 Å². The number of benzene rings is 1. The molecule has 0 fully saturated rings. The molecule has 0 saturated heterocycles. The first-order valence-electron chi connectivity index (χ1n) is 3.24. The molecule has 0 radical (unpaired) electrons. The lowest BCUT2D eigenvalue weighted by Gasteiger charge is -2.01. The van der Waals surface area contributed by atoms with Gasteiger partial charge >= 0.3 is 0 Å². The van der Waals surface area contributed by atoms with Gasteiger partial charge in [0.05, 0.1) is 6.61 Å². The van der Waals surface area contributed by atoms with Crippen molar-refractivity contribution in [3.05, 3.63) is 24.3 Å². The van der Waals surface area contributed by atoms with Crippen LogP contribution in [0.25, 0.3) is 0 Å². The van der Waals surface area contributed by atoms with Crippen LogP contribution in [0.15, 0.2) is 24.3 Å². The predicted octanol–water partition coefficient (Wildman–Crippen LogP) is 2.63. The average molecular weight is 211 g/mol. The monoisotopic (exact) mass is 210 g/mol. The van der Waals surface area contributed by atoms with Gasteiger partial charge in [-0.15, -0.1) is 24.8 Å². The fraction of sp³-hybridized carbons (Fsp3) is 0.250. The lowest BCUT2D eigenvalue weighted by molar-refractivity contribution is 0.337. The van der Waals surface area contributed by atoms with Gasteiger partial charge < -0.3 is 9.84 Å². The second-order valence-corrected chi connectivity index (χ2v) is 1.93. The van der Waals surface area contributed by atoms with E-state index < -0.39 is 0 Å². The SMILES string of the molecule is CCOc1cccc(O)c1.Cl.Cl. The molecular formula is C8H12Cl2O2. The maximum atomic E-state index is 8.96. The molecule has 1 rings (SSSR count). The molecule has 0 atom stereocenters. The summed E-state index contributed by atoms with van der Waals surface area (Å²) in [6, 6.07) is 6.76. The largest absolute Gasteiger partial charge is 0.508 e. The van der Waals surface area contributed by atoms with Crippen LogP contribution in [0.4, 0.5) is 0 Å². The number of rotatable bonds is 2. The Morgan fingerprint density at radius 1 is 1.33 bits per heavy atom. The molecule has 0 aliphatic heterocycles. The van der Waals surface area contributed by atoms with Crippen LogP contribution < -0.4 is 4.74 Å². The molecule has 0 saturated carbocycles. The van der Waals surface area contributed by atoms with Crippen molar-refractivity contribution in [3.63, 3.8) is 0 Å². The molecule has 12 heavy (non-hydrogen) atoms. The first kappa shape index (κ1) is 14.0. The first-order chi connectivity index (χ1) is 4.83. The maximum absolute atomic E-state index is 8.96. The topological polar surface area (TPSA) is 29.5 Å². The number of hydrogen-bond acceptors (Lipinski definition) is 2. The molecule has 1 aromatic carbocycles. The smallest absolute Gasteiger partial charge is 0.122 e. The zero-order chi connectivity index (χ0) is 7.40. The van der Waals surface area contributed by atoms with Gasteiger partial charge in [0.1, 0.15) is 11.5 Å². The summed E-state index contributed by atoms with van der Waals surface area (Å²) in [6.45, 7) is 2.54. The van der Waals surface area contributed by atoms with Crippen molar-refractivity contribution < 1.29 is 9.84 Å². The fourth-order valence-electron chi connectivity index (χ4n) is 0.740. The van der Waals surface area contributed by atoms with Gasteiger partial charge in [0.25, 0.3) is 0 Å². The lowest BCUT2D eigenvalue weighted by Crippen LogP contribution is -1.89. The normalized spacial score (nSPS) is 7.75. The van der Waals surface area contributed by atoms with E-state index >= 15 is 0 Å². The van der Waals surface area contributed by atoms with Crippen molar-refractivity contribution in [1.82, 2.24) is 0 Å². The Labute approximate surface area is 84.4 Å². The molecule has 1 N–H and O–H groups in total. The van der Waals surface area contributed by atoms with Crippen molar-refractivity contribution in [2.75, 3.05) is 6.61 Å². The molecule has 0 heterocycles. The fourth-order valence-corrected chi connectivity index (χ4v) is 0.740. The minimum absolute atomic E-state index is 0. The minimum Gasteiger partial charge on any atom is -0.508 e. The zero-order valence-corrected chi connectivity index (χ0v) is 8.32. The van der Waals surface area contributed by atoms with E-state index in [1.54, 1.807) is 18.2 Å². The third-order valence-corrected chi connectivity index (χ3v) is 1.13. The maximum Gasteiger partial charge on any atom is 0.122 e. The van der Waals surface area contributed by atoms with Crippen LogP contribution in [0, 0.1) is 0 Å². The minimum atomic E-state index is 0. The van der Waals surface area contributed by atoms with Crippen LogP contribution in [0.1, 0.15) is 6.92 Å². The van der Waals surface area contributed by atoms with E-state index in [2.05, 4.69) is 0 Å². The number of ether oxygens (including phenoxy) is 1. The van der Waals surface area contributed by atoms with Crippen LogP contribution in [0.2, 0.25) is 0 Å². The summed E-state index contributed by atoms with van der Waals surface area (Å²) in [7, 11) is 0. The van der Waals surface area contributed by atoms with Crippen molar-refractivity contribution >= 4 is 24.8 Å². The number of aromatic hydroxyl groups is 1. The molecule has 0 spiro atoms. The van der Waals surface area contributed by atoms with Crippen molar-refractivity contribution in [1.29, 1.82) is 0 Å². The third kappa shape index (κ3) is 4.31. The van der Waals surface area contributed by atoms with Gasteiger partial charge in [0.15, 0.2) is 0 Å². The van der Waals surface area contributed by atoms with Crippen molar-refractivity contribution in [3.8, 4) is 11.5 Å². The van der Waals surface area contributed by atoms with Gasteiger partial charge in [-0.1, -0.05) is 6.07 Å². The van der Waals surface area contributed by atoms with Crippen LogP contribution in [-0.4, -0.2) is 11.7 Å². The second kappa shape index (κ2) is 7.07. The Balaban J connectivity index is 0. The van der Waals surface area contributed by atoms with E-state index in [1.165, 1.54) is 0 Å². The highest BCUT2D eigenvalue weighted by Crippen LogP contribution is 2.16. The standard InChI is InChI=1S/C8H10O2.2ClH/c1-2-10-8-5-3-4-7(9)6-8;;/h3-6,9H,2H2,1H3;2*1H. The summed E-state index contributed by atoms with van der Waals surface area (Å²) >= 11 is 0. The molecule has 0 aromatic heterocycles. The molecule has 1 aromatic rings. The summed E-state index contributed by atoms with van der Waals surface area (Å²) in [5.41, 5.74) is 0. The molecule has 0 unspecified atom stereocenters. The number of phenols is 1. The molecule has 0 aliphatic rings. The molecule has 70 valence electrons. The Hall–Kier alpha value is -0.600. The van der Waals surface area contributed by atoms with Crippen LogP contribution in [0.3, 0.4) is 0 Å². The highest BCUT2D eigenvalue weighted by Gasteiger charge is 1.90. The van der Waals surface area contributed by atoms with Gasteiger partial charge in [0, 0.05) is 6.07 Å². The quantitative estimate of drug-likeness (QED) is 0.814. The Kier molecular flexibility index (Phi) is 8.22. The first-order valence-corrected chi connectivity index (χ1v) is 3.24. The molecule has 0 aliphatic carbocycles. The van der Waals surface area contributed by atoms with E-state index in [-0.39, 0.29) is 30.6 Å². The Morgan fingerprint density at radius 2 is 2.00 bits per heavy atom. The molecule has 2 nitrogen and oxygen atoms in total. The van der Waals surface area contributed by atoms with E-state index in [0.717, 1.165) is 0 Å². The lowest BCUT2D eigenvalue weighted by atomic mass is 10.3. The molecule has 4 heteroatoms. The van der Waals surface area contributed by atoms with E-state index in [9.17, 15) is 0 Å². The number of halogens is 2. The molecule has 0 amide bonds. The van der Waals surface area contributed by atoms with Crippen LogP contribution >= 0.6 is 24.8 Å². The Morgan fingerprint density at radius 3 is 2.50 bits per heavy atom. The van der Waals surface area contributed by atoms with Gasteiger partial charge in [-0.2, -0.15) is 0 Å². The highest BCUT2D eigenvalue weighted by atomic mass is 35.5. The summed E-state index contributed by atoms with van der Waals surface area (Å²) in [5, 5.41) is 8.96. The predicted molar refractivity (Wildman–Crippen MR) is 53.8 cm³/mol. The molecular weight excluding hydrogens is 199 g/mol. The molecule has 0 bridgehead atoms. The summed E-state index contributed by atoms with van der Waals surface area (Å²) in [6.07, 6.45) is 0. The number of hydrogen-bond donors (Lipinski definition) is 1. The van der Waals surface area contributed by atoms with Crippen LogP contribution in [-0.2, 0) is 0 Å². The van der Waals surface area contributed by atoms with Gasteiger partial charge in [0.2, 0.25) is 0 Å². The summed E-state index contributed by atoms with van der Waals surface area (Å²) in [5.74, 6) is 0.952. The van der Waals surface area contributed by atoms with Gasteiger partial charge in [-0.25, -0.2) is 0 Å². The van der Waals surface area contributed by atoms with Crippen molar-refractivity contribution in [2.45, 2.75) is 6.92 Å². The third-order valence-electron chi connectivity index (χ3n) is 1.13. The van der Waals surface area contributed by atoms with Crippen molar-refractivity contribution in [2.24, 2.45) is 0 Å². The second-order valence-electron chi connectivity index (χ2n) is 1.93. The zero-order valence-electron chi connectivity index (χ0n) is 6.69. The van der Waals surface area contributed by atoms with E-state index in [1.807, 2.05) is 13.0 Å². The Bertz CT molecular complexity index is 216.